The Balaban J connectivity index is 1.34. The average molecular weight is 550 g/mol. The van der Waals surface area contributed by atoms with E-state index in [-0.39, 0.29) is 18.3 Å². The van der Waals surface area contributed by atoms with E-state index < -0.39 is 0 Å². The third kappa shape index (κ3) is 4.05. The van der Waals surface area contributed by atoms with Gasteiger partial charge < -0.3 is 23.7 Å². The maximum absolute atomic E-state index is 13.5. The van der Waals surface area contributed by atoms with E-state index in [1.807, 2.05) is 49.4 Å². The summed E-state index contributed by atoms with van der Waals surface area (Å²) in [5.41, 5.74) is 5.03. The lowest BCUT2D eigenvalue weighted by Crippen LogP contribution is -2.32. The van der Waals surface area contributed by atoms with Crippen molar-refractivity contribution in [1.29, 1.82) is 0 Å². The smallest absolute Gasteiger partial charge is 0.232 e. The fourth-order valence-electron chi connectivity index (χ4n) is 4.91. The lowest BCUT2D eigenvalue weighted by atomic mass is 9.98. The zero-order valence-corrected chi connectivity index (χ0v) is 21.5. The highest BCUT2D eigenvalue weighted by atomic mass is 79.9. The first-order valence-corrected chi connectivity index (χ1v) is 12.4. The van der Waals surface area contributed by atoms with E-state index in [0.29, 0.717) is 43.5 Å². The molecule has 0 aromatic heterocycles. The van der Waals surface area contributed by atoms with Gasteiger partial charge in [-0.15, -0.1) is 0 Å². The molecule has 6 rings (SSSR count). The van der Waals surface area contributed by atoms with Crippen LogP contribution in [0.4, 0.5) is 0 Å². The number of hydrogen-bond donors (Lipinski definition) is 0. The number of methoxy groups -OCH3 is 1. The predicted molar refractivity (Wildman–Crippen MR) is 136 cm³/mol. The first-order valence-electron chi connectivity index (χ1n) is 11.6. The highest BCUT2D eigenvalue weighted by Crippen LogP contribution is 2.45. The number of benzene rings is 3. The normalized spacial score (nSPS) is 17.5. The van der Waals surface area contributed by atoms with Crippen LogP contribution < -0.4 is 18.9 Å². The molecular weight excluding hydrogens is 526 g/mol. The highest BCUT2D eigenvalue weighted by molar-refractivity contribution is 9.10. The number of rotatable bonds is 4. The van der Waals surface area contributed by atoms with Crippen molar-refractivity contribution in [2.45, 2.75) is 26.6 Å². The van der Waals surface area contributed by atoms with Gasteiger partial charge in [0.2, 0.25) is 5.78 Å². The van der Waals surface area contributed by atoms with Crippen LogP contribution in [0.3, 0.4) is 0 Å². The molecule has 0 bridgehead atoms. The van der Waals surface area contributed by atoms with Crippen molar-refractivity contribution >= 4 is 27.8 Å². The zero-order chi connectivity index (χ0) is 24.8. The molecule has 3 aromatic carbocycles. The molecule has 3 heterocycles. The third-order valence-corrected chi connectivity index (χ3v) is 7.02. The molecule has 0 aliphatic carbocycles. The van der Waals surface area contributed by atoms with Gasteiger partial charge in [-0.3, -0.25) is 9.69 Å². The molecule has 0 fully saturated rings. The van der Waals surface area contributed by atoms with Crippen LogP contribution in [0.5, 0.6) is 23.0 Å². The average Bonchev–Trinajstić information content (AvgIpc) is 3.21. The van der Waals surface area contributed by atoms with Gasteiger partial charge in [0.05, 0.1) is 24.8 Å². The summed E-state index contributed by atoms with van der Waals surface area (Å²) in [5.74, 6) is 2.97. The fraction of sp³-hybridized carbons (Fsp3) is 0.250. The molecule has 184 valence electrons. The van der Waals surface area contributed by atoms with Gasteiger partial charge in [-0.25, -0.2) is 0 Å². The number of halogens is 1. The molecule has 3 aromatic rings. The van der Waals surface area contributed by atoms with Crippen molar-refractivity contribution in [3.05, 3.63) is 86.1 Å². The van der Waals surface area contributed by atoms with Crippen LogP contribution in [0.2, 0.25) is 0 Å². The predicted octanol–water partition coefficient (Wildman–Crippen LogP) is 5.60. The number of carbonyl (C=O) groups excluding carboxylic acids is 1. The van der Waals surface area contributed by atoms with E-state index in [2.05, 4.69) is 20.8 Å². The number of aryl methyl sites for hydroxylation is 1. The maximum atomic E-state index is 13.5. The summed E-state index contributed by atoms with van der Waals surface area (Å²) < 4.78 is 29.9. The van der Waals surface area contributed by atoms with Gasteiger partial charge in [-0.05, 0) is 42.8 Å². The molecule has 0 spiro atoms. The second kappa shape index (κ2) is 9.28. The van der Waals surface area contributed by atoms with E-state index in [0.717, 1.165) is 43.8 Å². The van der Waals surface area contributed by atoms with Gasteiger partial charge in [0, 0.05) is 34.3 Å². The largest absolute Gasteiger partial charge is 0.496 e. The van der Waals surface area contributed by atoms with Crippen molar-refractivity contribution in [1.82, 2.24) is 4.90 Å². The monoisotopic (exact) mass is 549 g/mol. The van der Waals surface area contributed by atoms with Crippen LogP contribution in [0.25, 0.3) is 6.08 Å². The van der Waals surface area contributed by atoms with Gasteiger partial charge in [-0.2, -0.15) is 0 Å². The molecule has 3 aliphatic heterocycles. The molecule has 36 heavy (non-hydrogen) atoms. The Labute approximate surface area is 217 Å². The minimum absolute atomic E-state index is 0.145. The Hall–Kier alpha value is -3.33. The Morgan fingerprint density at radius 2 is 2.00 bits per heavy atom. The molecule has 8 heteroatoms. The lowest BCUT2D eigenvalue weighted by molar-refractivity contribution is -0.0165. The Bertz CT molecular complexity index is 1420. The second-order valence-electron chi connectivity index (χ2n) is 8.98. The molecular formula is C28H24BrNO6. The van der Waals surface area contributed by atoms with E-state index in [9.17, 15) is 4.79 Å². The number of Topliss-reactive ketones (excluding diaryl/α,β-unsaturated/α-hetero) is 1. The number of allylic oxidation sites excluding steroid dienone is 1. The SMILES string of the molecule is COc1ccccc1CN1COc2cc(C)c3c(c2C1)O/C(=C\c1cc(Br)cc2c1OCOC2)C3=O. The second-order valence-corrected chi connectivity index (χ2v) is 9.90. The molecule has 0 amide bonds. The summed E-state index contributed by atoms with van der Waals surface area (Å²) in [7, 11) is 1.67. The molecule has 7 nitrogen and oxygen atoms in total. The van der Waals surface area contributed by atoms with E-state index >= 15 is 0 Å². The summed E-state index contributed by atoms with van der Waals surface area (Å²) in [4.78, 5) is 15.6. The minimum Gasteiger partial charge on any atom is -0.496 e. The van der Waals surface area contributed by atoms with Gasteiger partial charge in [0.1, 0.15) is 29.7 Å². The van der Waals surface area contributed by atoms with E-state index in [1.54, 1.807) is 13.2 Å². The molecule has 0 saturated heterocycles. The van der Waals surface area contributed by atoms with Crippen LogP contribution in [0.15, 0.2) is 52.7 Å². The van der Waals surface area contributed by atoms with Gasteiger partial charge >= 0.3 is 0 Å². The van der Waals surface area contributed by atoms with Crippen LogP contribution >= 0.6 is 15.9 Å². The molecule has 0 N–H and O–H groups in total. The number of ketones is 1. The van der Waals surface area contributed by atoms with Gasteiger partial charge in [0.15, 0.2) is 12.6 Å². The molecule has 0 radical (unpaired) electrons. The van der Waals surface area contributed by atoms with E-state index in [4.69, 9.17) is 23.7 Å². The van der Waals surface area contributed by atoms with Crippen molar-refractivity contribution in [3.63, 3.8) is 0 Å². The summed E-state index contributed by atoms with van der Waals surface area (Å²) in [6.45, 7) is 4.20. The van der Waals surface area contributed by atoms with Crippen molar-refractivity contribution in [2.24, 2.45) is 0 Å². The zero-order valence-electron chi connectivity index (χ0n) is 19.9. The number of ether oxygens (including phenoxy) is 5. The highest BCUT2D eigenvalue weighted by Gasteiger charge is 2.36. The number of fused-ring (bicyclic) bond motifs is 4. The molecule has 0 atom stereocenters. The first kappa shape index (κ1) is 23.1. The van der Waals surface area contributed by atoms with Gasteiger partial charge in [-0.1, -0.05) is 34.1 Å². The Kier molecular flexibility index (Phi) is 5.95. The Morgan fingerprint density at radius 3 is 2.86 bits per heavy atom. The molecule has 0 unspecified atom stereocenters. The summed E-state index contributed by atoms with van der Waals surface area (Å²) in [5, 5.41) is 0. The van der Waals surface area contributed by atoms with Crippen LogP contribution in [-0.2, 0) is 24.4 Å². The summed E-state index contributed by atoms with van der Waals surface area (Å²) in [6.07, 6.45) is 1.75. The minimum atomic E-state index is -0.145. The maximum Gasteiger partial charge on any atom is 0.232 e. The first-order chi connectivity index (χ1) is 17.5. The number of hydrogen-bond acceptors (Lipinski definition) is 7. The van der Waals surface area contributed by atoms with Gasteiger partial charge in [0.25, 0.3) is 0 Å². The topological polar surface area (TPSA) is 66.5 Å². The summed E-state index contributed by atoms with van der Waals surface area (Å²) >= 11 is 3.54. The van der Waals surface area contributed by atoms with Crippen molar-refractivity contribution < 1.29 is 28.5 Å². The van der Waals surface area contributed by atoms with Crippen LogP contribution in [0, 0.1) is 6.92 Å². The standard InChI is InChI=1S/C28H24BrNO6/c1-16-7-23-21(12-30(14-34-23)11-17-5-3-4-6-22(17)32-2)28-25(16)26(31)24(36-28)10-18-8-20(29)9-19-13-33-15-35-27(18)19/h3-10H,11-15H2,1-2H3/b24-10-. The van der Waals surface area contributed by atoms with Crippen molar-refractivity contribution in [2.75, 3.05) is 20.6 Å². The third-order valence-electron chi connectivity index (χ3n) is 6.56. The molecule has 0 saturated carbocycles. The summed E-state index contributed by atoms with van der Waals surface area (Å²) in [6, 6.07) is 13.7. The van der Waals surface area contributed by atoms with Crippen molar-refractivity contribution in [3.8, 4) is 23.0 Å². The van der Waals surface area contributed by atoms with Crippen LogP contribution in [-0.4, -0.2) is 31.3 Å². The molecule has 3 aliphatic rings. The lowest BCUT2D eigenvalue weighted by Gasteiger charge is -2.30. The van der Waals surface area contributed by atoms with Crippen LogP contribution in [0.1, 0.15) is 38.2 Å². The number of carbonyl (C=O) groups is 1. The quantitative estimate of drug-likeness (QED) is 0.392. The van der Waals surface area contributed by atoms with E-state index in [1.165, 1.54) is 0 Å². The Morgan fingerprint density at radius 1 is 1.14 bits per heavy atom. The fourth-order valence-corrected chi connectivity index (χ4v) is 5.43. The number of para-hydroxylation sites is 1. The number of nitrogens with zero attached hydrogens (tertiary/aromatic N) is 1.